The molecule has 0 saturated carbocycles. The molecule has 0 aliphatic heterocycles. The van der Waals surface area contributed by atoms with E-state index in [-0.39, 0.29) is 25.7 Å². The summed E-state index contributed by atoms with van der Waals surface area (Å²) in [4.78, 5) is 67.9. The van der Waals surface area contributed by atoms with Gasteiger partial charge in [0.25, 0.3) is 0 Å². The molecule has 48 heavy (non-hydrogen) atoms. The van der Waals surface area contributed by atoms with E-state index in [1.807, 2.05) is 20.8 Å². The number of ketones is 1. The van der Waals surface area contributed by atoms with E-state index in [4.69, 9.17) is 29.2 Å². The first-order chi connectivity index (χ1) is 21.8. The molecule has 14 heteroatoms. The van der Waals surface area contributed by atoms with Gasteiger partial charge in [-0.3, -0.25) is 28.8 Å². The topological polar surface area (TPSA) is 209 Å². The van der Waals surface area contributed by atoms with Crippen molar-refractivity contribution in [3.63, 3.8) is 0 Å². The highest BCUT2D eigenvalue weighted by atomic mass is 16.5. The summed E-state index contributed by atoms with van der Waals surface area (Å²) < 4.78 is 24.6. The third kappa shape index (κ3) is 17.3. The fourth-order valence-electron chi connectivity index (χ4n) is 5.24. The minimum Gasteiger partial charge on any atom is -0.481 e. The van der Waals surface area contributed by atoms with Gasteiger partial charge in [0.05, 0.1) is 61.6 Å². The van der Waals surface area contributed by atoms with Crippen molar-refractivity contribution in [2.24, 2.45) is 41.4 Å². The summed E-state index contributed by atoms with van der Waals surface area (Å²) in [6.07, 6.45) is 0.304. The molecule has 0 heterocycles. The van der Waals surface area contributed by atoms with Crippen LogP contribution in [0.1, 0.15) is 89.0 Å². The van der Waals surface area contributed by atoms with E-state index in [1.54, 1.807) is 34.6 Å². The number of methoxy groups -OCH3 is 4. The summed E-state index contributed by atoms with van der Waals surface area (Å²) in [5.74, 6) is -8.66. The smallest absolute Gasteiger partial charge is 0.310 e. The average molecular weight is 697 g/mol. The predicted molar refractivity (Wildman–Crippen MR) is 179 cm³/mol. The van der Waals surface area contributed by atoms with Crippen LogP contribution >= 0.6 is 0 Å². The summed E-state index contributed by atoms with van der Waals surface area (Å²) in [5.41, 5.74) is 0. The van der Waals surface area contributed by atoms with Crippen molar-refractivity contribution in [1.29, 1.82) is 0 Å². The van der Waals surface area contributed by atoms with Gasteiger partial charge in [-0.1, -0.05) is 62.8 Å². The van der Waals surface area contributed by atoms with Crippen molar-refractivity contribution in [1.82, 2.24) is 0 Å². The fraction of sp³-hybridized carbons (Fsp3) is 0.824. The highest BCUT2D eigenvalue weighted by Gasteiger charge is 2.39. The molecule has 0 spiro atoms. The Labute approximate surface area is 287 Å². The van der Waals surface area contributed by atoms with Gasteiger partial charge in [0.1, 0.15) is 5.78 Å². The van der Waals surface area contributed by atoms with Crippen LogP contribution < -0.4 is 0 Å². The maximum atomic E-state index is 11.8. The van der Waals surface area contributed by atoms with E-state index in [2.05, 4.69) is 4.74 Å². The maximum absolute atomic E-state index is 11.8. The average Bonchev–Trinajstić information content (AvgIpc) is 3.02. The number of esters is 2. The van der Waals surface area contributed by atoms with Crippen molar-refractivity contribution in [3.05, 3.63) is 0 Å². The standard InChI is InChI=1S/C12H22O4.C11H20O5.C10H18O5.CH4/c1-6-9(16-5)10(12(14)15)8(4)11(13)7(2)3;1-5-8(15-4)9(10(12)13)7(3)11(14)16-6-2;1-5-7(14-3)8(9(11)12)6(2)10(13)15-4;/h7-10H,6H2,1-5H3,(H,14,15);7-9H,5-6H2,1-4H3,(H,12,13);6-8H,5H2,1-4H3,(H,11,12);1H4. The summed E-state index contributed by atoms with van der Waals surface area (Å²) in [6, 6.07) is 0. The lowest BCUT2D eigenvalue weighted by Crippen LogP contribution is -2.39. The minimum absolute atomic E-state index is 0. The normalized spacial score (nSPS) is 16.2. The van der Waals surface area contributed by atoms with Crippen molar-refractivity contribution < 1.29 is 67.8 Å². The molecule has 0 saturated heterocycles. The number of carbonyl (C=O) groups is 6. The molecular formula is C34H64O14. The van der Waals surface area contributed by atoms with Crippen LogP contribution in [-0.4, -0.2) is 104 Å². The van der Waals surface area contributed by atoms with Crippen molar-refractivity contribution >= 4 is 35.6 Å². The van der Waals surface area contributed by atoms with E-state index in [0.29, 0.717) is 19.3 Å². The van der Waals surface area contributed by atoms with Crippen LogP contribution in [0.5, 0.6) is 0 Å². The van der Waals surface area contributed by atoms with E-state index in [9.17, 15) is 33.9 Å². The Morgan fingerprint density at radius 3 is 1.02 bits per heavy atom. The van der Waals surface area contributed by atoms with Crippen LogP contribution in [-0.2, 0) is 52.5 Å². The lowest BCUT2D eigenvalue weighted by molar-refractivity contribution is -0.162. The number of carboxylic acid groups (broad SMARTS) is 3. The van der Waals surface area contributed by atoms with Crippen molar-refractivity contribution in [3.8, 4) is 0 Å². The molecule has 0 bridgehead atoms. The Hall–Kier alpha value is -3.10. The largest absolute Gasteiger partial charge is 0.481 e. The zero-order chi connectivity index (χ0) is 37.6. The number of carbonyl (C=O) groups excluding carboxylic acids is 3. The molecule has 0 rings (SSSR count). The van der Waals surface area contributed by atoms with Crippen LogP contribution in [0.3, 0.4) is 0 Å². The predicted octanol–water partition coefficient (Wildman–Crippen LogP) is 4.84. The van der Waals surface area contributed by atoms with E-state index in [1.165, 1.54) is 35.4 Å². The molecule has 3 N–H and O–H groups in total. The van der Waals surface area contributed by atoms with Crippen LogP contribution in [0.2, 0.25) is 0 Å². The van der Waals surface area contributed by atoms with Gasteiger partial charge in [-0.05, 0) is 26.2 Å². The number of aliphatic carboxylic acids is 3. The number of hydrogen-bond donors (Lipinski definition) is 3. The van der Waals surface area contributed by atoms with Gasteiger partial charge in [0, 0.05) is 33.2 Å². The fourth-order valence-corrected chi connectivity index (χ4v) is 5.24. The third-order valence-corrected chi connectivity index (χ3v) is 8.04. The quantitative estimate of drug-likeness (QED) is 0.146. The van der Waals surface area contributed by atoms with Gasteiger partial charge in [-0.15, -0.1) is 0 Å². The molecule has 0 aromatic rings. The number of Topliss-reactive ketones (excluding diaryl/α,β-unsaturated/α-hetero) is 1. The van der Waals surface area contributed by atoms with E-state index < -0.39 is 83.7 Å². The molecule has 284 valence electrons. The number of ether oxygens (including phenoxy) is 5. The molecule has 0 aromatic carbocycles. The Balaban J connectivity index is -0.000000300. The van der Waals surface area contributed by atoms with Gasteiger partial charge in [0.2, 0.25) is 0 Å². The Kier molecular flexibility index (Phi) is 30.0. The molecule has 14 nitrogen and oxygen atoms in total. The summed E-state index contributed by atoms with van der Waals surface area (Å²) in [7, 11) is 5.61. The summed E-state index contributed by atoms with van der Waals surface area (Å²) in [5, 5.41) is 27.3. The number of hydrogen-bond acceptors (Lipinski definition) is 11. The van der Waals surface area contributed by atoms with Gasteiger partial charge < -0.3 is 39.0 Å². The summed E-state index contributed by atoms with van der Waals surface area (Å²) >= 11 is 0. The Bertz CT molecular complexity index is 938. The molecular weight excluding hydrogens is 632 g/mol. The first kappa shape index (κ1) is 51.7. The van der Waals surface area contributed by atoms with Gasteiger partial charge in [-0.2, -0.15) is 0 Å². The maximum Gasteiger partial charge on any atom is 0.310 e. The first-order valence-corrected chi connectivity index (χ1v) is 15.9. The van der Waals surface area contributed by atoms with Crippen LogP contribution in [0.25, 0.3) is 0 Å². The lowest BCUT2D eigenvalue weighted by Gasteiger charge is -2.27. The van der Waals surface area contributed by atoms with E-state index >= 15 is 0 Å². The number of rotatable bonds is 20. The number of carboxylic acids is 3. The van der Waals surface area contributed by atoms with Crippen molar-refractivity contribution in [2.45, 2.75) is 107 Å². The highest BCUT2D eigenvalue weighted by Crippen LogP contribution is 2.25. The van der Waals surface area contributed by atoms with Crippen molar-refractivity contribution in [2.75, 3.05) is 35.0 Å². The van der Waals surface area contributed by atoms with Gasteiger partial charge >= 0.3 is 29.8 Å². The lowest BCUT2D eigenvalue weighted by atomic mass is 9.81. The monoisotopic (exact) mass is 696 g/mol. The SMILES string of the molecule is C.CCC(OC)C(C(=O)O)C(C)C(=O)C(C)C.CCC(OC)C(C(=O)O)C(C)C(=O)OC.CCOC(=O)C(C)C(C(=O)O)C(CC)OC. The molecule has 9 unspecified atom stereocenters. The minimum atomic E-state index is -1.04. The van der Waals surface area contributed by atoms with Gasteiger partial charge in [0.15, 0.2) is 0 Å². The molecule has 0 aliphatic carbocycles. The second-order valence-corrected chi connectivity index (χ2v) is 11.3. The highest BCUT2D eigenvalue weighted by molar-refractivity contribution is 5.87. The molecule has 0 aliphatic rings. The van der Waals surface area contributed by atoms with Crippen LogP contribution in [0.15, 0.2) is 0 Å². The molecule has 0 fully saturated rings. The van der Waals surface area contributed by atoms with E-state index in [0.717, 1.165) is 0 Å². The van der Waals surface area contributed by atoms with Crippen LogP contribution in [0.4, 0.5) is 0 Å². The molecule has 0 aromatic heterocycles. The molecule has 9 atom stereocenters. The molecule has 0 radical (unpaired) electrons. The second kappa shape index (κ2) is 27.8. The summed E-state index contributed by atoms with van der Waals surface area (Å²) in [6.45, 7) is 15.8. The molecule has 0 amide bonds. The first-order valence-electron chi connectivity index (χ1n) is 15.9. The van der Waals surface area contributed by atoms with Crippen LogP contribution in [0, 0.1) is 41.4 Å². The third-order valence-electron chi connectivity index (χ3n) is 8.04. The second-order valence-electron chi connectivity index (χ2n) is 11.3. The Morgan fingerprint density at radius 2 is 0.812 bits per heavy atom. The Morgan fingerprint density at radius 1 is 0.521 bits per heavy atom. The zero-order valence-electron chi connectivity index (χ0n) is 30.4. The van der Waals surface area contributed by atoms with Gasteiger partial charge in [-0.25, -0.2) is 0 Å². The zero-order valence-corrected chi connectivity index (χ0v) is 30.4.